The predicted octanol–water partition coefficient (Wildman–Crippen LogP) is 3.23. The van der Waals surface area contributed by atoms with Gasteiger partial charge in [0.05, 0.1) is 11.2 Å². The zero-order valence-corrected chi connectivity index (χ0v) is 10.4. The quantitative estimate of drug-likeness (QED) is 0.849. The standard InChI is InChI=1S/C12H20N2S/c1-9-3-4-11(5-9)6-13-10(2)12-7-15-8-14-12/h7-11,13H,3-6H2,1-2H3. The van der Waals surface area contributed by atoms with E-state index in [2.05, 4.69) is 29.5 Å². The Balaban J connectivity index is 1.74. The van der Waals surface area contributed by atoms with Crippen molar-refractivity contribution < 1.29 is 0 Å². The van der Waals surface area contributed by atoms with Gasteiger partial charge in [0.2, 0.25) is 0 Å². The lowest BCUT2D eigenvalue weighted by molar-refractivity contribution is 0.437. The zero-order chi connectivity index (χ0) is 10.7. The molecule has 1 aliphatic carbocycles. The average Bonchev–Trinajstić information content (AvgIpc) is 2.84. The van der Waals surface area contributed by atoms with Crippen LogP contribution in [0.2, 0.25) is 0 Å². The molecule has 3 atom stereocenters. The number of rotatable bonds is 4. The summed E-state index contributed by atoms with van der Waals surface area (Å²) in [6.45, 7) is 5.72. The summed E-state index contributed by atoms with van der Waals surface area (Å²) in [4.78, 5) is 4.33. The first-order valence-corrected chi connectivity index (χ1v) is 6.81. The van der Waals surface area contributed by atoms with Crippen LogP contribution in [-0.2, 0) is 0 Å². The van der Waals surface area contributed by atoms with E-state index >= 15 is 0 Å². The van der Waals surface area contributed by atoms with E-state index in [0.717, 1.165) is 18.4 Å². The fourth-order valence-corrected chi connectivity index (χ4v) is 3.04. The highest BCUT2D eigenvalue weighted by Gasteiger charge is 2.21. The Bertz CT molecular complexity index is 284. The maximum absolute atomic E-state index is 4.33. The van der Waals surface area contributed by atoms with Gasteiger partial charge in [0, 0.05) is 11.4 Å². The third-order valence-corrected chi connectivity index (χ3v) is 4.02. The number of nitrogens with one attached hydrogen (secondary N) is 1. The molecule has 0 aliphatic heterocycles. The lowest BCUT2D eigenvalue weighted by atomic mass is 10.1. The molecule has 2 rings (SSSR count). The SMILES string of the molecule is CC1CCC(CNC(C)c2cscn2)C1. The molecule has 1 N–H and O–H groups in total. The van der Waals surface area contributed by atoms with Gasteiger partial charge in [-0.2, -0.15) is 0 Å². The summed E-state index contributed by atoms with van der Waals surface area (Å²) in [6.07, 6.45) is 4.21. The highest BCUT2D eigenvalue weighted by Crippen LogP contribution is 2.30. The number of hydrogen-bond donors (Lipinski definition) is 1. The van der Waals surface area contributed by atoms with Crippen molar-refractivity contribution >= 4 is 11.3 Å². The molecule has 1 aliphatic rings. The molecular formula is C12H20N2S. The Morgan fingerprint density at radius 1 is 1.60 bits per heavy atom. The van der Waals surface area contributed by atoms with Gasteiger partial charge in [-0.15, -0.1) is 11.3 Å². The van der Waals surface area contributed by atoms with Crippen LogP contribution in [0.4, 0.5) is 0 Å². The summed E-state index contributed by atoms with van der Waals surface area (Å²) in [6, 6.07) is 0.409. The van der Waals surface area contributed by atoms with E-state index in [-0.39, 0.29) is 0 Å². The maximum atomic E-state index is 4.33. The van der Waals surface area contributed by atoms with E-state index in [1.807, 2.05) is 5.51 Å². The van der Waals surface area contributed by atoms with Crippen LogP contribution in [0, 0.1) is 11.8 Å². The highest BCUT2D eigenvalue weighted by atomic mass is 32.1. The van der Waals surface area contributed by atoms with E-state index in [4.69, 9.17) is 0 Å². The Morgan fingerprint density at radius 3 is 3.07 bits per heavy atom. The maximum Gasteiger partial charge on any atom is 0.0795 e. The van der Waals surface area contributed by atoms with Crippen LogP contribution in [0.15, 0.2) is 10.9 Å². The van der Waals surface area contributed by atoms with Crippen molar-refractivity contribution in [2.24, 2.45) is 11.8 Å². The molecule has 0 bridgehead atoms. The van der Waals surface area contributed by atoms with Gasteiger partial charge in [0.1, 0.15) is 0 Å². The number of thiazole rings is 1. The summed E-state index contributed by atoms with van der Waals surface area (Å²) in [7, 11) is 0. The van der Waals surface area contributed by atoms with Crippen LogP contribution in [0.3, 0.4) is 0 Å². The minimum Gasteiger partial charge on any atom is -0.309 e. The molecule has 0 radical (unpaired) electrons. The minimum atomic E-state index is 0.409. The van der Waals surface area contributed by atoms with Gasteiger partial charge in [-0.1, -0.05) is 13.3 Å². The highest BCUT2D eigenvalue weighted by molar-refractivity contribution is 7.07. The second-order valence-electron chi connectivity index (χ2n) is 4.83. The molecule has 3 heteroatoms. The van der Waals surface area contributed by atoms with Crippen molar-refractivity contribution in [2.75, 3.05) is 6.54 Å². The Labute approximate surface area is 96.1 Å². The molecule has 15 heavy (non-hydrogen) atoms. The Morgan fingerprint density at radius 2 is 2.47 bits per heavy atom. The van der Waals surface area contributed by atoms with E-state index in [9.17, 15) is 0 Å². The molecule has 1 aromatic rings. The molecule has 1 aromatic heterocycles. The molecule has 0 spiro atoms. The second kappa shape index (κ2) is 5.08. The van der Waals surface area contributed by atoms with Crippen LogP contribution in [-0.4, -0.2) is 11.5 Å². The monoisotopic (exact) mass is 224 g/mol. The summed E-state index contributed by atoms with van der Waals surface area (Å²) in [5.74, 6) is 1.83. The molecule has 84 valence electrons. The van der Waals surface area contributed by atoms with Crippen molar-refractivity contribution in [2.45, 2.75) is 39.2 Å². The normalized spacial score (nSPS) is 28.1. The largest absolute Gasteiger partial charge is 0.309 e. The molecule has 3 unspecified atom stereocenters. The van der Waals surface area contributed by atoms with Crippen molar-refractivity contribution in [3.8, 4) is 0 Å². The van der Waals surface area contributed by atoms with Gasteiger partial charge < -0.3 is 5.32 Å². The Kier molecular flexibility index (Phi) is 3.76. The van der Waals surface area contributed by atoms with Gasteiger partial charge in [-0.05, 0) is 38.1 Å². The third kappa shape index (κ3) is 3.02. The van der Waals surface area contributed by atoms with Crippen molar-refractivity contribution in [1.29, 1.82) is 0 Å². The fraction of sp³-hybridized carbons (Fsp3) is 0.750. The lowest BCUT2D eigenvalue weighted by Crippen LogP contribution is -2.24. The topological polar surface area (TPSA) is 24.9 Å². The summed E-state index contributed by atoms with van der Waals surface area (Å²) in [5, 5.41) is 5.73. The van der Waals surface area contributed by atoms with E-state index in [0.29, 0.717) is 6.04 Å². The van der Waals surface area contributed by atoms with Crippen LogP contribution in [0.5, 0.6) is 0 Å². The first-order valence-electron chi connectivity index (χ1n) is 5.87. The first kappa shape index (κ1) is 11.1. The number of nitrogens with zero attached hydrogens (tertiary/aromatic N) is 1. The molecular weight excluding hydrogens is 204 g/mol. The molecule has 0 aromatic carbocycles. The van der Waals surface area contributed by atoms with Crippen LogP contribution in [0.25, 0.3) is 0 Å². The van der Waals surface area contributed by atoms with Gasteiger partial charge in [-0.25, -0.2) is 4.98 Å². The number of aromatic nitrogens is 1. The first-order chi connectivity index (χ1) is 7.25. The zero-order valence-electron chi connectivity index (χ0n) is 9.57. The third-order valence-electron chi connectivity index (χ3n) is 3.41. The van der Waals surface area contributed by atoms with Gasteiger partial charge in [0.25, 0.3) is 0 Å². The van der Waals surface area contributed by atoms with Gasteiger partial charge in [0.15, 0.2) is 0 Å². The van der Waals surface area contributed by atoms with Crippen LogP contribution >= 0.6 is 11.3 Å². The second-order valence-corrected chi connectivity index (χ2v) is 5.55. The van der Waals surface area contributed by atoms with E-state index in [1.165, 1.54) is 25.0 Å². The minimum absolute atomic E-state index is 0.409. The molecule has 0 saturated heterocycles. The van der Waals surface area contributed by atoms with Crippen LogP contribution in [0.1, 0.15) is 44.8 Å². The van der Waals surface area contributed by atoms with Gasteiger partial charge in [-0.3, -0.25) is 0 Å². The van der Waals surface area contributed by atoms with E-state index in [1.54, 1.807) is 11.3 Å². The van der Waals surface area contributed by atoms with Gasteiger partial charge >= 0.3 is 0 Å². The average molecular weight is 224 g/mol. The summed E-state index contributed by atoms with van der Waals surface area (Å²) >= 11 is 1.68. The van der Waals surface area contributed by atoms with E-state index < -0.39 is 0 Å². The molecule has 1 saturated carbocycles. The van der Waals surface area contributed by atoms with Crippen LogP contribution < -0.4 is 5.32 Å². The summed E-state index contributed by atoms with van der Waals surface area (Å²) < 4.78 is 0. The van der Waals surface area contributed by atoms with Crippen molar-refractivity contribution in [3.05, 3.63) is 16.6 Å². The Hall–Kier alpha value is -0.410. The van der Waals surface area contributed by atoms with Crippen molar-refractivity contribution in [3.63, 3.8) is 0 Å². The molecule has 2 nitrogen and oxygen atoms in total. The number of hydrogen-bond acceptors (Lipinski definition) is 3. The molecule has 1 heterocycles. The van der Waals surface area contributed by atoms with Crippen molar-refractivity contribution in [1.82, 2.24) is 10.3 Å². The smallest absolute Gasteiger partial charge is 0.0795 e. The lowest BCUT2D eigenvalue weighted by Gasteiger charge is -2.15. The fourth-order valence-electron chi connectivity index (χ4n) is 2.39. The molecule has 1 fully saturated rings. The molecule has 0 amide bonds. The summed E-state index contributed by atoms with van der Waals surface area (Å²) in [5.41, 5.74) is 3.09. The predicted molar refractivity (Wildman–Crippen MR) is 65.0 cm³/mol.